The van der Waals surface area contributed by atoms with Crippen LogP contribution in [0.2, 0.25) is 0 Å². The van der Waals surface area contributed by atoms with Crippen molar-refractivity contribution in [2.24, 2.45) is 4.99 Å². The van der Waals surface area contributed by atoms with Gasteiger partial charge in [-0.25, -0.2) is 0 Å². The largest absolute Gasteiger partial charge is 0.674 e. The van der Waals surface area contributed by atoms with Gasteiger partial charge in [0.15, 0.2) is 0 Å². The van der Waals surface area contributed by atoms with Crippen molar-refractivity contribution >= 4 is 35.5 Å². The molecule has 0 amide bonds. The summed E-state index contributed by atoms with van der Waals surface area (Å²) in [4.78, 5) is 4.04. The van der Waals surface area contributed by atoms with E-state index in [9.17, 15) is 17.3 Å². The van der Waals surface area contributed by atoms with Crippen molar-refractivity contribution in [3.8, 4) is 0 Å². The van der Waals surface area contributed by atoms with Gasteiger partial charge in [-0.2, -0.15) is 0 Å². The Bertz CT molecular complexity index is 415. The molecule has 0 atom stereocenters. The molecule has 0 saturated carbocycles. The van der Waals surface area contributed by atoms with Crippen LogP contribution in [0.3, 0.4) is 0 Å². The number of rotatable bonds is 2. The van der Waals surface area contributed by atoms with E-state index in [1.807, 2.05) is 37.3 Å². The number of nitrogens with zero attached hydrogens (tertiary/aromatic N) is 1. The van der Waals surface area contributed by atoms with Crippen LogP contribution in [0.5, 0.6) is 0 Å². The topological polar surface area (TPSA) is 183 Å². The summed E-state index contributed by atoms with van der Waals surface area (Å²) < 4.78 is 45.8. The summed E-state index contributed by atoms with van der Waals surface area (Å²) in [5, 5.41) is 55.6. The summed E-state index contributed by atoms with van der Waals surface area (Å²) in [6.07, 6.45) is 0. The van der Waals surface area contributed by atoms with Crippen LogP contribution in [0.25, 0.3) is 0 Å². The van der Waals surface area contributed by atoms with Crippen molar-refractivity contribution in [2.45, 2.75) is 6.92 Å². The van der Waals surface area contributed by atoms with Gasteiger partial charge in [-0.05, 0) is 19.1 Å². The summed E-state index contributed by atoms with van der Waals surface area (Å²) in [6, 6.07) is 9.89. The van der Waals surface area contributed by atoms with E-state index in [0.717, 1.165) is 5.56 Å². The number of ether oxygens (including phenoxy) is 1. The lowest BCUT2D eigenvalue weighted by atomic mass is 10.2. The third-order valence-corrected chi connectivity index (χ3v) is 1.50. The Morgan fingerprint density at radius 2 is 1.07 bits per heavy atom. The highest BCUT2D eigenvalue weighted by atomic mass is 19.1. The van der Waals surface area contributed by atoms with Crippen molar-refractivity contribution in [2.75, 3.05) is 13.7 Å². The first kappa shape index (κ1) is 33.9. The molecule has 1 aromatic carbocycles. The molecule has 0 bridgehead atoms. The van der Waals surface area contributed by atoms with Gasteiger partial charge in [0.05, 0.1) is 6.61 Å². The number of aliphatic imine (C=N–C) groups is 1. The van der Waals surface area contributed by atoms with E-state index in [-0.39, 0.29) is 0 Å². The Morgan fingerprint density at radius 1 is 0.786 bits per heavy atom. The first-order chi connectivity index (χ1) is 12.8. The molecule has 0 fully saturated rings. The van der Waals surface area contributed by atoms with Gasteiger partial charge in [0.1, 0.15) is 0 Å². The second-order valence-corrected chi connectivity index (χ2v) is 3.57. The van der Waals surface area contributed by atoms with Gasteiger partial charge < -0.3 is 44.9 Å². The van der Waals surface area contributed by atoms with E-state index in [4.69, 9.17) is 44.9 Å². The summed E-state index contributed by atoms with van der Waals surface area (Å²) in [7, 11) is -8.93. The molecule has 8 N–H and O–H groups in total. The van der Waals surface area contributed by atoms with Gasteiger partial charge in [0.2, 0.25) is 5.90 Å². The second-order valence-electron chi connectivity index (χ2n) is 3.57. The monoisotopic (exact) mass is 419 g/mol. The fraction of sp³-hybridized carbons (Fsp3) is 0.300. The summed E-state index contributed by atoms with van der Waals surface area (Å²) >= 11 is 0. The standard InChI is InChI=1S/C10H13NO.4BFH2O2/c1-3-12-10(11-2)9-7-5-4-6-8-9;4*2-1(3)4/h4-8H,3H2,1-2H3;4*3-4H. The van der Waals surface area contributed by atoms with Crippen molar-refractivity contribution in [3.05, 3.63) is 35.9 Å². The van der Waals surface area contributed by atoms with Gasteiger partial charge in [-0.15, -0.1) is 0 Å². The summed E-state index contributed by atoms with van der Waals surface area (Å²) in [5.74, 6) is 0.707. The Labute approximate surface area is 160 Å². The molecular formula is C10H21B4F4NO9. The Balaban J connectivity index is -0.000000150. The summed E-state index contributed by atoms with van der Waals surface area (Å²) in [5.41, 5.74) is 1.03. The van der Waals surface area contributed by atoms with Crippen LogP contribution in [-0.2, 0) is 4.74 Å². The highest BCUT2D eigenvalue weighted by molar-refractivity contribution is 6.32. The van der Waals surface area contributed by atoms with Crippen LogP contribution >= 0.6 is 0 Å². The molecule has 0 saturated heterocycles. The highest BCUT2D eigenvalue weighted by Gasteiger charge is 2.00. The van der Waals surface area contributed by atoms with Crippen LogP contribution in [0.1, 0.15) is 12.5 Å². The number of benzene rings is 1. The zero-order valence-electron chi connectivity index (χ0n) is 14.8. The molecule has 1 aromatic rings. The maximum absolute atomic E-state index is 10.1. The minimum absolute atomic E-state index is 0.654. The zero-order valence-corrected chi connectivity index (χ0v) is 14.8. The molecule has 0 radical (unpaired) electrons. The quantitative estimate of drug-likeness (QED) is 0.114. The van der Waals surface area contributed by atoms with Crippen molar-refractivity contribution in [3.63, 3.8) is 0 Å². The van der Waals surface area contributed by atoms with Gasteiger partial charge >= 0.3 is 29.6 Å². The van der Waals surface area contributed by atoms with Crippen molar-refractivity contribution < 1.29 is 62.2 Å². The average molecular weight is 419 g/mol. The molecule has 0 heterocycles. The molecule has 0 aliphatic heterocycles. The van der Waals surface area contributed by atoms with Crippen LogP contribution in [0.15, 0.2) is 35.3 Å². The predicted octanol–water partition coefficient (Wildman–Crippen LogP) is -2.20. The number of hydrogen-bond donors (Lipinski definition) is 8. The smallest absolute Gasteiger partial charge is 0.478 e. The third kappa shape index (κ3) is 56.3. The van der Waals surface area contributed by atoms with Crippen molar-refractivity contribution in [1.82, 2.24) is 0 Å². The summed E-state index contributed by atoms with van der Waals surface area (Å²) in [6.45, 7) is 2.61. The molecule has 0 aliphatic rings. The minimum atomic E-state index is -2.67. The highest BCUT2D eigenvalue weighted by Crippen LogP contribution is 2.01. The molecule has 18 heteroatoms. The zero-order chi connectivity index (χ0) is 23.1. The van der Waals surface area contributed by atoms with E-state index >= 15 is 0 Å². The fourth-order valence-electron chi connectivity index (χ4n) is 0.994. The Morgan fingerprint density at radius 3 is 1.29 bits per heavy atom. The molecule has 10 nitrogen and oxygen atoms in total. The SMILES string of the molecule is CCOC(=NC)c1ccccc1.OB(O)F.OB(O)F.OB(O)F.OB(O)F. The van der Waals surface area contributed by atoms with E-state index in [2.05, 4.69) is 4.99 Å². The molecule has 0 unspecified atom stereocenters. The van der Waals surface area contributed by atoms with E-state index in [1.54, 1.807) is 7.05 Å². The number of hydrogen-bond acceptors (Lipinski definition) is 10. The average Bonchev–Trinajstić information content (AvgIpc) is 2.51. The lowest BCUT2D eigenvalue weighted by molar-refractivity contribution is 0.328. The minimum Gasteiger partial charge on any atom is -0.478 e. The lowest BCUT2D eigenvalue weighted by Crippen LogP contribution is -2.05. The first-order valence-corrected chi connectivity index (χ1v) is 6.97. The molecule has 1 rings (SSSR count). The van der Waals surface area contributed by atoms with Gasteiger partial charge in [-0.3, -0.25) is 22.3 Å². The fourth-order valence-corrected chi connectivity index (χ4v) is 0.994. The van der Waals surface area contributed by atoms with Crippen LogP contribution in [-0.4, -0.2) is 89.3 Å². The normalized spacial score (nSPS) is 8.71. The molecule has 160 valence electrons. The van der Waals surface area contributed by atoms with Crippen molar-refractivity contribution in [1.29, 1.82) is 0 Å². The van der Waals surface area contributed by atoms with E-state index in [1.165, 1.54) is 0 Å². The molecular weight excluding hydrogens is 397 g/mol. The molecule has 0 spiro atoms. The van der Waals surface area contributed by atoms with Gasteiger partial charge in [0.25, 0.3) is 0 Å². The van der Waals surface area contributed by atoms with Crippen LogP contribution < -0.4 is 0 Å². The first-order valence-electron chi connectivity index (χ1n) is 6.97. The molecule has 0 aliphatic carbocycles. The predicted molar refractivity (Wildman–Crippen MR) is 95.7 cm³/mol. The van der Waals surface area contributed by atoms with Gasteiger partial charge in [-0.1, -0.05) is 18.2 Å². The molecule has 0 aromatic heterocycles. The van der Waals surface area contributed by atoms with E-state index in [0.29, 0.717) is 12.5 Å². The second kappa shape index (κ2) is 25.3. The van der Waals surface area contributed by atoms with E-state index < -0.39 is 29.6 Å². The van der Waals surface area contributed by atoms with Crippen LogP contribution in [0, 0.1) is 0 Å². The maximum Gasteiger partial charge on any atom is 0.674 e. The lowest BCUT2D eigenvalue weighted by Gasteiger charge is -2.05. The maximum atomic E-state index is 10.1. The van der Waals surface area contributed by atoms with Crippen LogP contribution in [0.4, 0.5) is 17.3 Å². The Hall–Kier alpha value is -1.65. The Kier molecular flexibility index (Phi) is 30.7. The van der Waals surface area contributed by atoms with Gasteiger partial charge in [0, 0.05) is 12.6 Å². The third-order valence-electron chi connectivity index (χ3n) is 1.50. The molecule has 28 heavy (non-hydrogen) atoms. The number of halogens is 4.